The van der Waals surface area contributed by atoms with Crippen LogP contribution in [0.1, 0.15) is 34.6 Å². The van der Waals surface area contributed by atoms with Crippen LogP contribution in [0.25, 0.3) is 0 Å². The smallest absolute Gasteiger partial charge is 0.344 e. The minimum atomic E-state index is -2.04. The summed E-state index contributed by atoms with van der Waals surface area (Å²) in [7, 11) is 0. The third kappa shape index (κ3) is 5.65. The van der Waals surface area contributed by atoms with Gasteiger partial charge in [0.25, 0.3) is 0 Å². The van der Waals surface area contributed by atoms with Gasteiger partial charge in [0, 0.05) is 30.1 Å². The summed E-state index contributed by atoms with van der Waals surface area (Å²) in [5.74, 6) is -3.27. The molecular formula is C13H23NO8S. The molecule has 2 unspecified atom stereocenters. The molecule has 0 saturated heterocycles. The second-order valence-corrected chi connectivity index (χ2v) is 5.73. The van der Waals surface area contributed by atoms with Crippen molar-refractivity contribution in [2.75, 3.05) is 13.2 Å². The summed E-state index contributed by atoms with van der Waals surface area (Å²) in [5, 5.41) is 13.6. The van der Waals surface area contributed by atoms with Gasteiger partial charge < -0.3 is 14.8 Å². The van der Waals surface area contributed by atoms with Gasteiger partial charge in [-0.3, -0.25) is 4.79 Å². The second kappa shape index (κ2) is 10.4. The number of carbonyl (C=O) groups is 3. The number of esters is 2. The molecule has 0 fully saturated rings. The average Bonchev–Trinajstić information content (AvgIpc) is 2.49. The molecule has 0 aromatic carbocycles. The molecule has 0 aromatic rings. The summed E-state index contributed by atoms with van der Waals surface area (Å²) in [6, 6.07) is 0. The van der Waals surface area contributed by atoms with Crippen molar-refractivity contribution >= 4 is 29.9 Å². The number of hydrogen-bond acceptors (Lipinski definition) is 9. The predicted molar refractivity (Wildman–Crippen MR) is 80.8 cm³/mol. The fourth-order valence-electron chi connectivity index (χ4n) is 1.95. The van der Waals surface area contributed by atoms with E-state index in [9.17, 15) is 14.4 Å². The first kappa shape index (κ1) is 21.6. The Bertz CT molecular complexity index is 399. The molecule has 0 aromatic heterocycles. The zero-order valence-electron chi connectivity index (χ0n) is 13.8. The van der Waals surface area contributed by atoms with Crippen molar-refractivity contribution in [2.45, 2.75) is 45.4 Å². The van der Waals surface area contributed by atoms with E-state index in [1.165, 1.54) is 6.92 Å². The fraction of sp³-hybridized carbons (Fsp3) is 0.769. The number of amides is 1. The molecule has 134 valence electrons. The highest BCUT2D eigenvalue weighted by atomic mass is 32.2. The van der Waals surface area contributed by atoms with Crippen LogP contribution in [0, 0.1) is 5.92 Å². The number of nitrogens with one attached hydrogen (secondary N) is 1. The van der Waals surface area contributed by atoms with E-state index in [0.717, 1.165) is 0 Å². The zero-order valence-corrected chi connectivity index (χ0v) is 14.6. The van der Waals surface area contributed by atoms with Gasteiger partial charge >= 0.3 is 11.9 Å². The summed E-state index contributed by atoms with van der Waals surface area (Å²) >= 11 is 0.670. The summed E-state index contributed by atoms with van der Waals surface area (Å²) in [4.78, 5) is 36.5. The summed E-state index contributed by atoms with van der Waals surface area (Å²) in [6.07, 6.45) is 0. The van der Waals surface area contributed by atoms with Crippen LogP contribution in [0.5, 0.6) is 0 Å². The Morgan fingerprint density at radius 3 is 1.96 bits per heavy atom. The molecule has 2 N–H and O–H groups in total. The van der Waals surface area contributed by atoms with Crippen LogP contribution in [-0.2, 0) is 33.2 Å². The Hall–Kier alpha value is -1.36. The van der Waals surface area contributed by atoms with Gasteiger partial charge in [-0.25, -0.2) is 14.8 Å². The molecule has 23 heavy (non-hydrogen) atoms. The van der Waals surface area contributed by atoms with Gasteiger partial charge in [-0.05, 0) is 13.8 Å². The van der Waals surface area contributed by atoms with Gasteiger partial charge in [-0.1, -0.05) is 18.9 Å². The maximum Gasteiger partial charge on any atom is 0.344 e. The first-order chi connectivity index (χ1) is 10.8. The molecule has 9 nitrogen and oxygen atoms in total. The minimum Gasteiger partial charge on any atom is -0.464 e. The van der Waals surface area contributed by atoms with Crippen molar-refractivity contribution in [1.29, 1.82) is 0 Å². The molecule has 0 bridgehead atoms. The zero-order chi connectivity index (χ0) is 18.0. The Morgan fingerprint density at radius 2 is 1.61 bits per heavy atom. The minimum absolute atomic E-state index is 0.0179. The molecule has 10 heteroatoms. The maximum absolute atomic E-state index is 12.5. The highest BCUT2D eigenvalue weighted by molar-refractivity contribution is 7.95. The van der Waals surface area contributed by atoms with Crippen LogP contribution in [0.2, 0.25) is 0 Å². The average molecular weight is 353 g/mol. The van der Waals surface area contributed by atoms with Crippen LogP contribution in [0.15, 0.2) is 0 Å². The van der Waals surface area contributed by atoms with Gasteiger partial charge in [-0.15, -0.1) is 4.33 Å². The molecule has 1 amide bonds. The first-order valence-corrected chi connectivity index (χ1v) is 7.85. The van der Waals surface area contributed by atoms with Gasteiger partial charge in [0.05, 0.1) is 13.2 Å². The normalized spacial score (nSPS) is 13.8. The lowest BCUT2D eigenvalue weighted by atomic mass is 9.82. The third-order valence-electron chi connectivity index (χ3n) is 3.18. The molecule has 0 aliphatic rings. The standard InChI is InChI=1S/C13H23NO8S/c1-6-19-11(16)13(14-10(5)15,12(17)20-7-2)8(3)9(4)23-22-21-18/h8-9,18H,6-7H2,1-5H3,(H,14,15). The van der Waals surface area contributed by atoms with E-state index in [0.29, 0.717) is 12.0 Å². The van der Waals surface area contributed by atoms with E-state index >= 15 is 0 Å². The molecule has 2 atom stereocenters. The number of hydrogen-bond donors (Lipinski definition) is 2. The number of rotatable bonds is 10. The Labute approximate surface area is 139 Å². The molecule has 0 saturated carbocycles. The van der Waals surface area contributed by atoms with Crippen molar-refractivity contribution < 1.29 is 38.5 Å². The first-order valence-electron chi connectivity index (χ1n) is 7.04. The van der Waals surface area contributed by atoms with Crippen molar-refractivity contribution in [1.82, 2.24) is 5.32 Å². The molecule has 0 radical (unpaired) electrons. The van der Waals surface area contributed by atoms with Crippen LogP contribution in [-0.4, -0.2) is 47.1 Å². The van der Waals surface area contributed by atoms with Gasteiger partial charge in [0.2, 0.25) is 11.4 Å². The topological polar surface area (TPSA) is 120 Å². The van der Waals surface area contributed by atoms with E-state index in [1.54, 1.807) is 27.7 Å². The fourth-order valence-corrected chi connectivity index (χ4v) is 2.48. The third-order valence-corrected chi connectivity index (χ3v) is 4.03. The lowest BCUT2D eigenvalue weighted by Gasteiger charge is -2.36. The van der Waals surface area contributed by atoms with Crippen molar-refractivity contribution in [3.8, 4) is 0 Å². The highest BCUT2D eigenvalue weighted by Gasteiger charge is 2.56. The maximum atomic E-state index is 12.5. The highest BCUT2D eigenvalue weighted by Crippen LogP contribution is 2.31. The second-order valence-electron chi connectivity index (χ2n) is 4.66. The van der Waals surface area contributed by atoms with E-state index < -0.39 is 34.6 Å². The van der Waals surface area contributed by atoms with E-state index in [-0.39, 0.29) is 13.2 Å². The Morgan fingerprint density at radius 1 is 1.13 bits per heavy atom. The van der Waals surface area contributed by atoms with Gasteiger partial charge in [-0.2, -0.15) is 0 Å². The molecule has 0 heterocycles. The van der Waals surface area contributed by atoms with Gasteiger partial charge in [0.15, 0.2) is 0 Å². The molecule has 0 rings (SSSR count). The van der Waals surface area contributed by atoms with Crippen molar-refractivity contribution in [2.24, 2.45) is 5.92 Å². The van der Waals surface area contributed by atoms with Crippen LogP contribution < -0.4 is 5.32 Å². The summed E-state index contributed by atoms with van der Waals surface area (Å²) < 4.78 is 14.3. The SMILES string of the molecule is CCOC(=O)C(NC(C)=O)(C(=O)OCC)C(C)C(C)SOOO. The monoisotopic (exact) mass is 353 g/mol. The molecular weight excluding hydrogens is 330 g/mol. The van der Waals surface area contributed by atoms with Crippen LogP contribution >= 0.6 is 12.0 Å². The molecule has 0 aliphatic carbocycles. The lowest BCUT2D eigenvalue weighted by molar-refractivity contribution is -0.432. The van der Waals surface area contributed by atoms with Crippen LogP contribution in [0.4, 0.5) is 0 Å². The summed E-state index contributed by atoms with van der Waals surface area (Å²) in [6.45, 7) is 7.52. The number of carbonyl (C=O) groups excluding carboxylic acids is 3. The van der Waals surface area contributed by atoms with Crippen LogP contribution in [0.3, 0.4) is 0 Å². The quantitative estimate of drug-likeness (QED) is 0.195. The Balaban J connectivity index is 5.80. The predicted octanol–water partition coefficient (Wildman–Crippen LogP) is 1.08. The Kier molecular flexibility index (Phi) is 9.80. The van der Waals surface area contributed by atoms with E-state index in [2.05, 4.69) is 14.7 Å². The lowest BCUT2D eigenvalue weighted by Crippen LogP contribution is -2.66. The van der Waals surface area contributed by atoms with E-state index in [4.69, 9.17) is 14.7 Å². The van der Waals surface area contributed by atoms with Crippen molar-refractivity contribution in [3.63, 3.8) is 0 Å². The van der Waals surface area contributed by atoms with E-state index in [1.807, 2.05) is 0 Å². The molecule has 0 aliphatic heterocycles. The number of ether oxygens (including phenoxy) is 2. The van der Waals surface area contributed by atoms with Crippen molar-refractivity contribution in [3.05, 3.63) is 0 Å². The largest absolute Gasteiger partial charge is 0.464 e. The summed E-state index contributed by atoms with van der Waals surface area (Å²) in [5.41, 5.74) is -2.04. The van der Waals surface area contributed by atoms with Gasteiger partial charge in [0.1, 0.15) is 0 Å². The molecule has 0 spiro atoms.